The Morgan fingerprint density at radius 2 is 2.08 bits per heavy atom. The van der Waals surface area contributed by atoms with Crippen LogP contribution in [0.4, 0.5) is 5.69 Å². The molecule has 7 nitrogen and oxygen atoms in total. The molecule has 1 amide bonds. The monoisotopic (exact) mass is 374 g/mol. The Labute approximate surface area is 146 Å². The van der Waals surface area contributed by atoms with Crippen molar-refractivity contribution < 1.29 is 22.7 Å². The molecule has 0 aromatic heterocycles. The smallest absolute Gasteiger partial charge is 0.327 e. The number of sulfonamides is 1. The first kappa shape index (κ1) is 18.5. The fraction of sp³-hybridized carbons (Fsp3) is 0.467. The van der Waals surface area contributed by atoms with E-state index in [9.17, 15) is 18.0 Å². The van der Waals surface area contributed by atoms with Gasteiger partial charge in [0.2, 0.25) is 10.0 Å². The summed E-state index contributed by atoms with van der Waals surface area (Å²) >= 11 is 5.87. The molecule has 0 bridgehead atoms. The molecule has 132 valence electrons. The van der Waals surface area contributed by atoms with Crippen LogP contribution in [0.15, 0.2) is 24.3 Å². The van der Waals surface area contributed by atoms with E-state index in [0.717, 1.165) is 23.4 Å². The van der Waals surface area contributed by atoms with Crippen molar-refractivity contribution >= 4 is 39.2 Å². The second kappa shape index (κ2) is 7.40. The number of nitrogens with zero attached hydrogens (tertiary/aromatic N) is 1. The van der Waals surface area contributed by atoms with E-state index in [1.807, 2.05) is 0 Å². The standard InChI is InChI=1S/C15H19ClN2O5S/c1-10(15(20)17-12-6-7-12)23-14(19)9-18(24(2,21)22)13-5-3-4-11(16)8-13/h3-5,8,10,12H,6-7,9H2,1-2H3,(H,17,20)/t10-/m1/s1. The quantitative estimate of drug-likeness (QED) is 0.726. The summed E-state index contributed by atoms with van der Waals surface area (Å²) in [5.41, 5.74) is 0.247. The summed E-state index contributed by atoms with van der Waals surface area (Å²) in [4.78, 5) is 23.8. The minimum absolute atomic E-state index is 0.151. The van der Waals surface area contributed by atoms with Crippen LogP contribution in [-0.2, 0) is 24.3 Å². The fourth-order valence-corrected chi connectivity index (χ4v) is 3.00. The highest BCUT2D eigenvalue weighted by Gasteiger charge is 2.28. The summed E-state index contributed by atoms with van der Waals surface area (Å²) in [6.07, 6.45) is 1.83. The van der Waals surface area contributed by atoms with E-state index in [0.29, 0.717) is 5.02 Å². The Kier molecular flexibility index (Phi) is 5.71. The topological polar surface area (TPSA) is 92.8 Å². The number of hydrogen-bond acceptors (Lipinski definition) is 5. The summed E-state index contributed by atoms with van der Waals surface area (Å²) in [5.74, 6) is -1.21. The summed E-state index contributed by atoms with van der Waals surface area (Å²) in [6, 6.07) is 6.27. The summed E-state index contributed by atoms with van der Waals surface area (Å²) < 4.78 is 29.8. The van der Waals surface area contributed by atoms with Gasteiger partial charge in [-0.3, -0.25) is 13.9 Å². The Hall–Kier alpha value is -1.80. The highest BCUT2D eigenvalue weighted by atomic mass is 35.5. The van der Waals surface area contributed by atoms with E-state index < -0.39 is 28.6 Å². The molecule has 1 saturated carbocycles. The number of nitrogens with one attached hydrogen (secondary N) is 1. The molecule has 1 aromatic rings. The van der Waals surface area contributed by atoms with Crippen LogP contribution in [0, 0.1) is 0 Å². The highest BCUT2D eigenvalue weighted by molar-refractivity contribution is 7.92. The molecule has 1 atom stereocenters. The number of halogens is 1. The number of anilines is 1. The van der Waals surface area contributed by atoms with Crippen LogP contribution in [0.3, 0.4) is 0 Å². The zero-order chi connectivity index (χ0) is 17.9. The van der Waals surface area contributed by atoms with Crippen LogP contribution < -0.4 is 9.62 Å². The third-order valence-electron chi connectivity index (χ3n) is 3.37. The van der Waals surface area contributed by atoms with Crippen molar-refractivity contribution in [1.82, 2.24) is 5.32 Å². The Morgan fingerprint density at radius 1 is 1.42 bits per heavy atom. The molecule has 0 spiro atoms. The molecule has 24 heavy (non-hydrogen) atoms. The van der Waals surface area contributed by atoms with E-state index >= 15 is 0 Å². The van der Waals surface area contributed by atoms with Gasteiger partial charge in [-0.05, 0) is 38.0 Å². The molecule has 9 heteroatoms. The molecule has 1 fully saturated rings. The van der Waals surface area contributed by atoms with Crippen molar-refractivity contribution in [3.63, 3.8) is 0 Å². The first-order valence-electron chi connectivity index (χ1n) is 7.40. The number of benzene rings is 1. The SMILES string of the molecule is C[C@@H](OC(=O)CN(c1cccc(Cl)c1)S(C)(=O)=O)C(=O)NC1CC1. The van der Waals surface area contributed by atoms with Crippen molar-refractivity contribution in [1.29, 1.82) is 0 Å². The van der Waals surface area contributed by atoms with Crippen LogP contribution in [0.2, 0.25) is 5.02 Å². The Bertz CT molecular complexity index is 733. The van der Waals surface area contributed by atoms with Gasteiger partial charge in [0.1, 0.15) is 6.54 Å². The van der Waals surface area contributed by atoms with Gasteiger partial charge in [0, 0.05) is 11.1 Å². The average molecular weight is 375 g/mol. The molecule has 0 unspecified atom stereocenters. The maximum atomic E-state index is 12.0. The number of hydrogen-bond donors (Lipinski definition) is 1. The van der Waals surface area contributed by atoms with Crippen molar-refractivity contribution in [2.75, 3.05) is 17.1 Å². The first-order valence-corrected chi connectivity index (χ1v) is 9.62. The molecular weight excluding hydrogens is 356 g/mol. The molecule has 0 aliphatic heterocycles. The van der Waals surface area contributed by atoms with Crippen LogP contribution in [0.1, 0.15) is 19.8 Å². The molecule has 1 aliphatic rings. The molecule has 0 heterocycles. The minimum atomic E-state index is -3.72. The van der Waals surface area contributed by atoms with E-state index in [-0.39, 0.29) is 17.6 Å². The lowest BCUT2D eigenvalue weighted by atomic mass is 10.3. The van der Waals surface area contributed by atoms with Gasteiger partial charge in [0.25, 0.3) is 5.91 Å². The second-order valence-corrected chi connectivity index (χ2v) is 8.01. The maximum absolute atomic E-state index is 12.0. The third kappa shape index (κ3) is 5.38. The molecule has 0 radical (unpaired) electrons. The number of carbonyl (C=O) groups is 2. The molecule has 1 N–H and O–H groups in total. The molecule has 1 aromatic carbocycles. The second-order valence-electron chi connectivity index (χ2n) is 5.66. The summed E-state index contributed by atoms with van der Waals surface area (Å²) in [7, 11) is -3.72. The number of amides is 1. The average Bonchev–Trinajstić information content (AvgIpc) is 3.27. The van der Waals surface area contributed by atoms with E-state index in [1.54, 1.807) is 12.1 Å². The number of esters is 1. The fourth-order valence-electron chi connectivity index (χ4n) is 1.98. The van der Waals surface area contributed by atoms with Crippen LogP contribution in [0.25, 0.3) is 0 Å². The lowest BCUT2D eigenvalue weighted by Crippen LogP contribution is -2.41. The first-order chi connectivity index (χ1) is 11.2. The van der Waals surface area contributed by atoms with Crippen molar-refractivity contribution in [3.8, 4) is 0 Å². The zero-order valence-electron chi connectivity index (χ0n) is 13.4. The lowest BCUT2D eigenvalue weighted by Gasteiger charge is -2.22. The Balaban J connectivity index is 2.03. The lowest BCUT2D eigenvalue weighted by molar-refractivity contribution is -0.153. The molecule has 0 saturated heterocycles. The largest absolute Gasteiger partial charge is 0.451 e. The normalized spacial score (nSPS) is 15.5. The van der Waals surface area contributed by atoms with Gasteiger partial charge in [0.15, 0.2) is 6.10 Å². The highest BCUT2D eigenvalue weighted by Crippen LogP contribution is 2.22. The molecule has 1 aliphatic carbocycles. The molecular formula is C15H19ClN2O5S. The predicted molar refractivity (Wildman–Crippen MR) is 90.4 cm³/mol. The summed E-state index contributed by atoms with van der Waals surface area (Å²) in [5, 5.41) is 3.06. The van der Waals surface area contributed by atoms with E-state index in [1.165, 1.54) is 19.1 Å². The Morgan fingerprint density at radius 3 is 2.62 bits per heavy atom. The van der Waals surface area contributed by atoms with Crippen molar-refractivity contribution in [2.45, 2.75) is 31.9 Å². The molecule has 2 rings (SSSR count). The van der Waals surface area contributed by atoms with E-state index in [4.69, 9.17) is 16.3 Å². The number of carbonyl (C=O) groups excluding carboxylic acids is 2. The maximum Gasteiger partial charge on any atom is 0.327 e. The van der Waals surface area contributed by atoms with Crippen molar-refractivity contribution in [2.24, 2.45) is 0 Å². The van der Waals surface area contributed by atoms with E-state index in [2.05, 4.69) is 5.32 Å². The van der Waals surface area contributed by atoms with Gasteiger partial charge < -0.3 is 10.1 Å². The predicted octanol–water partition coefficient (Wildman–Crippen LogP) is 1.32. The van der Waals surface area contributed by atoms with Crippen LogP contribution in [0.5, 0.6) is 0 Å². The van der Waals surface area contributed by atoms with Gasteiger partial charge in [-0.2, -0.15) is 0 Å². The number of ether oxygens (including phenoxy) is 1. The number of rotatable bonds is 7. The summed E-state index contributed by atoms with van der Waals surface area (Å²) in [6.45, 7) is 0.903. The van der Waals surface area contributed by atoms with Gasteiger partial charge in [-0.1, -0.05) is 17.7 Å². The van der Waals surface area contributed by atoms with Crippen LogP contribution in [-0.4, -0.2) is 45.2 Å². The third-order valence-corrected chi connectivity index (χ3v) is 4.75. The minimum Gasteiger partial charge on any atom is -0.451 e. The van der Waals surface area contributed by atoms with Gasteiger partial charge in [-0.25, -0.2) is 8.42 Å². The zero-order valence-corrected chi connectivity index (χ0v) is 14.9. The van der Waals surface area contributed by atoms with Gasteiger partial charge in [0.05, 0.1) is 11.9 Å². The van der Waals surface area contributed by atoms with Gasteiger partial charge >= 0.3 is 5.97 Å². The van der Waals surface area contributed by atoms with Crippen LogP contribution >= 0.6 is 11.6 Å². The van der Waals surface area contributed by atoms with Gasteiger partial charge in [-0.15, -0.1) is 0 Å². The van der Waals surface area contributed by atoms with Crippen molar-refractivity contribution in [3.05, 3.63) is 29.3 Å².